The van der Waals surface area contributed by atoms with Gasteiger partial charge in [0, 0.05) is 11.7 Å². The molecule has 0 saturated heterocycles. The lowest BCUT2D eigenvalue weighted by Crippen LogP contribution is -2.04. The summed E-state index contributed by atoms with van der Waals surface area (Å²) in [5.74, 6) is 0. The SMILES string of the molecule is C#CN/C(=C\C=C/C)CCCC. The molecule has 0 spiro atoms. The maximum absolute atomic E-state index is 5.15. The molecule has 0 aliphatic rings. The number of allylic oxidation sites excluding steroid dienone is 4. The highest BCUT2D eigenvalue weighted by Crippen LogP contribution is 2.03. The molecular formula is C11H17N. The molecule has 0 rings (SSSR count). The molecule has 0 radical (unpaired) electrons. The third kappa shape index (κ3) is 5.61. The monoisotopic (exact) mass is 163 g/mol. The van der Waals surface area contributed by atoms with E-state index in [2.05, 4.69) is 18.3 Å². The Morgan fingerprint density at radius 3 is 2.83 bits per heavy atom. The highest BCUT2D eigenvalue weighted by atomic mass is 14.8. The van der Waals surface area contributed by atoms with Crippen LogP contribution in [0.5, 0.6) is 0 Å². The third-order valence-electron chi connectivity index (χ3n) is 1.52. The summed E-state index contributed by atoms with van der Waals surface area (Å²) < 4.78 is 0. The third-order valence-corrected chi connectivity index (χ3v) is 1.52. The van der Waals surface area contributed by atoms with E-state index in [-0.39, 0.29) is 0 Å². The molecule has 0 fully saturated rings. The molecule has 66 valence electrons. The van der Waals surface area contributed by atoms with E-state index in [9.17, 15) is 0 Å². The van der Waals surface area contributed by atoms with Gasteiger partial charge in [-0.25, -0.2) is 0 Å². The van der Waals surface area contributed by atoms with Crippen LogP contribution in [0.25, 0.3) is 0 Å². The molecule has 1 nitrogen and oxygen atoms in total. The van der Waals surface area contributed by atoms with Gasteiger partial charge >= 0.3 is 0 Å². The van der Waals surface area contributed by atoms with Gasteiger partial charge in [-0.05, 0) is 25.8 Å². The summed E-state index contributed by atoms with van der Waals surface area (Å²) in [6, 6.07) is 2.43. The molecule has 0 amide bonds. The number of unbranched alkanes of at least 4 members (excludes halogenated alkanes) is 1. The van der Waals surface area contributed by atoms with Crippen molar-refractivity contribution in [1.82, 2.24) is 5.32 Å². The van der Waals surface area contributed by atoms with Crippen LogP contribution in [0.3, 0.4) is 0 Å². The Hall–Kier alpha value is -1.16. The van der Waals surface area contributed by atoms with Crippen molar-refractivity contribution >= 4 is 0 Å². The molecule has 0 aliphatic carbocycles. The second-order valence-corrected chi connectivity index (χ2v) is 2.59. The first-order valence-corrected chi connectivity index (χ1v) is 4.38. The van der Waals surface area contributed by atoms with Gasteiger partial charge in [0.15, 0.2) is 0 Å². The van der Waals surface area contributed by atoms with E-state index in [1.165, 1.54) is 12.8 Å². The Bertz CT molecular complexity index is 194. The number of nitrogens with one attached hydrogen (secondary N) is 1. The molecule has 0 heterocycles. The quantitative estimate of drug-likeness (QED) is 0.373. The highest BCUT2D eigenvalue weighted by Gasteiger charge is 1.91. The standard InChI is InChI=1S/C11H17N/c1-4-7-9-11(12-6-3)10-8-5-2/h3-4,7,9,12H,5,8,10H2,1-2H3/b7-4-,11-9-. The molecule has 12 heavy (non-hydrogen) atoms. The lowest BCUT2D eigenvalue weighted by molar-refractivity contribution is 0.760. The van der Waals surface area contributed by atoms with Gasteiger partial charge in [-0.2, -0.15) is 0 Å². The van der Waals surface area contributed by atoms with Gasteiger partial charge < -0.3 is 5.32 Å². The van der Waals surface area contributed by atoms with E-state index in [1.807, 2.05) is 25.2 Å². The van der Waals surface area contributed by atoms with E-state index < -0.39 is 0 Å². The lowest BCUT2D eigenvalue weighted by atomic mass is 10.2. The van der Waals surface area contributed by atoms with E-state index in [0.717, 1.165) is 12.1 Å². The summed E-state index contributed by atoms with van der Waals surface area (Å²) in [7, 11) is 0. The fourth-order valence-corrected chi connectivity index (χ4v) is 0.860. The van der Waals surface area contributed by atoms with E-state index in [0.29, 0.717) is 0 Å². The first-order chi connectivity index (χ1) is 5.85. The fraction of sp³-hybridized carbons (Fsp3) is 0.455. The Morgan fingerprint density at radius 1 is 1.58 bits per heavy atom. The van der Waals surface area contributed by atoms with Gasteiger partial charge in [0.05, 0.1) is 0 Å². The maximum Gasteiger partial charge on any atom is 0.0229 e. The van der Waals surface area contributed by atoms with Crippen molar-refractivity contribution in [3.8, 4) is 12.5 Å². The van der Waals surface area contributed by atoms with Crippen LogP contribution in [0.4, 0.5) is 0 Å². The molecule has 1 heteroatoms. The average Bonchev–Trinajstić information content (AvgIpc) is 2.10. The van der Waals surface area contributed by atoms with Crippen molar-refractivity contribution in [3.05, 3.63) is 23.9 Å². The second-order valence-electron chi connectivity index (χ2n) is 2.59. The summed E-state index contributed by atoms with van der Waals surface area (Å²) >= 11 is 0. The molecular weight excluding hydrogens is 146 g/mol. The van der Waals surface area contributed by atoms with Gasteiger partial charge in [-0.15, -0.1) is 0 Å². The van der Waals surface area contributed by atoms with Gasteiger partial charge in [0.1, 0.15) is 0 Å². The summed E-state index contributed by atoms with van der Waals surface area (Å²) in [6.45, 7) is 4.16. The Balaban J connectivity index is 3.95. The van der Waals surface area contributed by atoms with Crippen molar-refractivity contribution < 1.29 is 0 Å². The predicted molar refractivity (Wildman–Crippen MR) is 54.4 cm³/mol. The normalized spacial score (nSPS) is 11.6. The smallest absolute Gasteiger partial charge is 0.0229 e. The Morgan fingerprint density at radius 2 is 2.33 bits per heavy atom. The number of terminal acetylenes is 1. The van der Waals surface area contributed by atoms with Crippen LogP contribution in [-0.2, 0) is 0 Å². The first-order valence-electron chi connectivity index (χ1n) is 4.38. The van der Waals surface area contributed by atoms with E-state index in [1.54, 1.807) is 0 Å². The molecule has 0 aromatic carbocycles. The summed E-state index contributed by atoms with van der Waals surface area (Å²) in [5.41, 5.74) is 1.12. The number of hydrogen-bond acceptors (Lipinski definition) is 1. The van der Waals surface area contributed by atoms with Crippen LogP contribution in [-0.4, -0.2) is 0 Å². The van der Waals surface area contributed by atoms with Crippen LogP contribution in [0.15, 0.2) is 23.9 Å². The van der Waals surface area contributed by atoms with Crippen LogP contribution < -0.4 is 5.32 Å². The van der Waals surface area contributed by atoms with Crippen LogP contribution in [0, 0.1) is 12.5 Å². The Labute approximate surface area is 75.6 Å². The van der Waals surface area contributed by atoms with Crippen molar-refractivity contribution in [2.75, 3.05) is 0 Å². The van der Waals surface area contributed by atoms with Gasteiger partial charge in [-0.1, -0.05) is 31.9 Å². The van der Waals surface area contributed by atoms with Crippen LogP contribution in [0.2, 0.25) is 0 Å². The zero-order chi connectivity index (χ0) is 9.23. The average molecular weight is 163 g/mol. The second kappa shape index (κ2) is 7.94. The summed E-state index contributed by atoms with van der Waals surface area (Å²) in [4.78, 5) is 0. The Kier molecular flexibility index (Phi) is 7.17. The highest BCUT2D eigenvalue weighted by molar-refractivity contribution is 5.13. The van der Waals surface area contributed by atoms with Crippen LogP contribution in [0.1, 0.15) is 33.1 Å². The molecule has 0 aromatic heterocycles. The zero-order valence-corrected chi connectivity index (χ0v) is 7.93. The molecule has 0 aromatic rings. The van der Waals surface area contributed by atoms with Gasteiger partial charge in [0.2, 0.25) is 0 Å². The zero-order valence-electron chi connectivity index (χ0n) is 7.93. The lowest BCUT2D eigenvalue weighted by Gasteiger charge is -2.02. The van der Waals surface area contributed by atoms with E-state index in [4.69, 9.17) is 6.42 Å². The van der Waals surface area contributed by atoms with E-state index >= 15 is 0 Å². The van der Waals surface area contributed by atoms with Crippen molar-refractivity contribution in [3.63, 3.8) is 0 Å². The molecule has 1 N–H and O–H groups in total. The maximum atomic E-state index is 5.15. The molecule has 0 unspecified atom stereocenters. The topological polar surface area (TPSA) is 12.0 Å². The predicted octanol–water partition coefficient (Wildman–Crippen LogP) is 2.82. The minimum atomic E-state index is 1.03. The number of rotatable bonds is 5. The minimum absolute atomic E-state index is 1.03. The molecule has 0 aliphatic heterocycles. The van der Waals surface area contributed by atoms with Crippen molar-refractivity contribution in [2.24, 2.45) is 0 Å². The van der Waals surface area contributed by atoms with Crippen LogP contribution >= 0.6 is 0 Å². The van der Waals surface area contributed by atoms with Crippen molar-refractivity contribution in [2.45, 2.75) is 33.1 Å². The van der Waals surface area contributed by atoms with Gasteiger partial charge in [0.25, 0.3) is 0 Å². The minimum Gasteiger partial charge on any atom is -0.319 e. The molecule has 0 bridgehead atoms. The fourth-order valence-electron chi connectivity index (χ4n) is 0.860. The number of hydrogen-bond donors (Lipinski definition) is 1. The van der Waals surface area contributed by atoms with Crippen molar-refractivity contribution in [1.29, 1.82) is 0 Å². The summed E-state index contributed by atoms with van der Waals surface area (Å²) in [5, 5.41) is 2.89. The molecule has 0 atom stereocenters. The largest absolute Gasteiger partial charge is 0.319 e. The molecule has 0 saturated carbocycles. The van der Waals surface area contributed by atoms with Gasteiger partial charge in [-0.3, -0.25) is 0 Å². The first kappa shape index (κ1) is 10.8. The summed E-state index contributed by atoms with van der Waals surface area (Å²) in [6.07, 6.45) is 14.6.